The number of hydrogen-bond donors (Lipinski definition) is 0. The maximum absolute atomic E-state index is 13.3. The van der Waals surface area contributed by atoms with Crippen LogP contribution in [0.3, 0.4) is 0 Å². The molecule has 0 spiro atoms. The van der Waals surface area contributed by atoms with Gasteiger partial charge in [-0.15, -0.1) is 0 Å². The molecule has 192 valence electrons. The Labute approximate surface area is 215 Å². The molecule has 0 saturated carbocycles. The zero-order valence-electron chi connectivity index (χ0n) is 21.6. The second-order valence-corrected chi connectivity index (χ2v) is 9.92. The summed E-state index contributed by atoms with van der Waals surface area (Å²) >= 11 is 0. The fraction of sp³-hybridized carbons (Fsp3) is 0.370. The minimum Gasteiger partial charge on any atom is -0.618 e. The van der Waals surface area contributed by atoms with Crippen LogP contribution in [0.1, 0.15) is 5.56 Å². The SMILES string of the molecule is Cc1cc2c(N3CCN(C)c4cc(-c5cnn(C)c5)[n+]([O-])cc43)cc(N3CCOCC3)cc2n(C)c1=O. The van der Waals surface area contributed by atoms with Gasteiger partial charge in [0.1, 0.15) is 5.69 Å². The summed E-state index contributed by atoms with van der Waals surface area (Å²) in [4.78, 5) is 19.6. The molecule has 0 N–H and O–H groups in total. The quantitative estimate of drug-likeness (QED) is 0.315. The van der Waals surface area contributed by atoms with Crippen molar-refractivity contribution < 1.29 is 9.47 Å². The van der Waals surface area contributed by atoms with E-state index >= 15 is 0 Å². The average molecular weight is 502 g/mol. The number of likely N-dealkylation sites (N-methyl/N-ethyl adjacent to an activating group) is 1. The van der Waals surface area contributed by atoms with Gasteiger partial charge in [-0.05, 0) is 25.1 Å². The van der Waals surface area contributed by atoms with Crippen molar-refractivity contribution in [3.8, 4) is 11.3 Å². The molecule has 0 atom stereocenters. The van der Waals surface area contributed by atoms with Crippen LogP contribution in [0.4, 0.5) is 22.7 Å². The molecule has 1 aromatic carbocycles. The van der Waals surface area contributed by atoms with Crippen molar-refractivity contribution in [2.24, 2.45) is 14.1 Å². The highest BCUT2D eigenvalue weighted by atomic mass is 16.5. The van der Waals surface area contributed by atoms with E-state index in [0.29, 0.717) is 31.0 Å². The molecule has 0 radical (unpaired) electrons. The van der Waals surface area contributed by atoms with Gasteiger partial charge in [0, 0.05) is 76.2 Å². The Balaban J connectivity index is 1.56. The standard InChI is InChI=1S/C27H31N7O3/c1-18-11-21-23(31(4)27(18)35)12-20(32-7-9-37-10-8-32)13-24(21)33-6-5-29(2)25-14-22(34(36)17-26(25)33)19-15-28-30(3)16-19/h11-17H,5-10H2,1-4H3. The van der Waals surface area contributed by atoms with E-state index in [1.807, 2.05) is 39.3 Å². The molecule has 0 aliphatic carbocycles. The third kappa shape index (κ3) is 3.88. The van der Waals surface area contributed by atoms with Crippen LogP contribution in [0.2, 0.25) is 0 Å². The first-order valence-corrected chi connectivity index (χ1v) is 12.5. The van der Waals surface area contributed by atoms with Gasteiger partial charge in [-0.1, -0.05) is 0 Å². The van der Waals surface area contributed by atoms with Crippen molar-refractivity contribution in [2.45, 2.75) is 6.92 Å². The maximum atomic E-state index is 13.3. The summed E-state index contributed by atoms with van der Waals surface area (Å²) in [6.45, 7) is 6.27. The summed E-state index contributed by atoms with van der Waals surface area (Å²) in [6, 6.07) is 8.21. The number of aryl methyl sites for hydroxylation is 3. The summed E-state index contributed by atoms with van der Waals surface area (Å²) in [5.41, 5.74) is 6.74. The van der Waals surface area contributed by atoms with Crippen molar-refractivity contribution in [3.05, 3.63) is 64.0 Å². The predicted molar refractivity (Wildman–Crippen MR) is 145 cm³/mol. The summed E-state index contributed by atoms with van der Waals surface area (Å²) < 4.78 is 9.93. The lowest BCUT2D eigenvalue weighted by atomic mass is 10.0. The Morgan fingerprint density at radius 1 is 0.973 bits per heavy atom. The highest BCUT2D eigenvalue weighted by Gasteiger charge is 2.29. The number of rotatable bonds is 3. The first-order valence-electron chi connectivity index (χ1n) is 12.5. The molecule has 4 aromatic rings. The molecule has 6 rings (SSSR count). The van der Waals surface area contributed by atoms with Crippen LogP contribution >= 0.6 is 0 Å². The molecule has 37 heavy (non-hydrogen) atoms. The smallest absolute Gasteiger partial charge is 0.253 e. The molecular formula is C27H31N7O3. The Hall–Kier alpha value is -4.05. The second kappa shape index (κ2) is 8.81. The highest BCUT2D eigenvalue weighted by molar-refractivity contribution is 5.99. The first kappa shape index (κ1) is 23.4. The van der Waals surface area contributed by atoms with Gasteiger partial charge >= 0.3 is 0 Å². The number of fused-ring (bicyclic) bond motifs is 2. The molecule has 5 heterocycles. The lowest BCUT2D eigenvalue weighted by Crippen LogP contribution is -2.40. The third-order valence-electron chi connectivity index (χ3n) is 7.53. The Kier molecular flexibility index (Phi) is 5.56. The van der Waals surface area contributed by atoms with Crippen LogP contribution in [0.5, 0.6) is 0 Å². The predicted octanol–water partition coefficient (Wildman–Crippen LogP) is 2.31. The number of ether oxygens (including phenoxy) is 1. The van der Waals surface area contributed by atoms with Crippen LogP contribution in [-0.4, -0.2) is 60.8 Å². The summed E-state index contributed by atoms with van der Waals surface area (Å²) in [5.74, 6) is 0. The summed E-state index contributed by atoms with van der Waals surface area (Å²) in [7, 11) is 5.72. The molecule has 3 aromatic heterocycles. The molecule has 0 unspecified atom stereocenters. The minimum absolute atomic E-state index is 0.00475. The van der Waals surface area contributed by atoms with Gasteiger partial charge in [-0.25, -0.2) is 0 Å². The normalized spacial score (nSPS) is 15.9. The average Bonchev–Trinajstić information content (AvgIpc) is 3.33. The van der Waals surface area contributed by atoms with E-state index < -0.39 is 0 Å². The number of anilines is 4. The molecule has 10 heteroatoms. The number of morpholine rings is 1. The van der Waals surface area contributed by atoms with Gasteiger partial charge < -0.3 is 29.2 Å². The molecular weight excluding hydrogens is 470 g/mol. The minimum atomic E-state index is -0.00475. The zero-order chi connectivity index (χ0) is 25.8. The van der Waals surface area contributed by atoms with Crippen LogP contribution in [0.25, 0.3) is 22.2 Å². The second-order valence-electron chi connectivity index (χ2n) is 9.92. The third-order valence-corrected chi connectivity index (χ3v) is 7.53. The van der Waals surface area contributed by atoms with E-state index in [9.17, 15) is 10.0 Å². The van der Waals surface area contributed by atoms with Crippen LogP contribution in [0.15, 0.2) is 47.7 Å². The van der Waals surface area contributed by atoms with Gasteiger partial charge in [-0.2, -0.15) is 9.83 Å². The van der Waals surface area contributed by atoms with Gasteiger partial charge in [-0.3, -0.25) is 9.48 Å². The Morgan fingerprint density at radius 3 is 2.49 bits per heavy atom. The summed E-state index contributed by atoms with van der Waals surface area (Å²) in [6.07, 6.45) is 5.22. The lowest BCUT2D eigenvalue weighted by molar-refractivity contribution is -0.592. The van der Waals surface area contributed by atoms with Crippen molar-refractivity contribution in [1.82, 2.24) is 14.3 Å². The zero-order valence-corrected chi connectivity index (χ0v) is 21.6. The number of pyridine rings is 2. The van der Waals surface area contributed by atoms with E-state index in [4.69, 9.17) is 4.74 Å². The largest absolute Gasteiger partial charge is 0.618 e. The van der Waals surface area contributed by atoms with Gasteiger partial charge in [0.2, 0.25) is 11.9 Å². The maximum Gasteiger partial charge on any atom is 0.253 e. The number of aromatic nitrogens is 4. The highest BCUT2D eigenvalue weighted by Crippen LogP contribution is 2.42. The van der Waals surface area contributed by atoms with Crippen molar-refractivity contribution in [3.63, 3.8) is 0 Å². The van der Waals surface area contributed by atoms with E-state index in [1.54, 1.807) is 21.6 Å². The van der Waals surface area contributed by atoms with Gasteiger partial charge in [0.15, 0.2) is 0 Å². The molecule has 2 aliphatic rings. The van der Waals surface area contributed by atoms with E-state index in [2.05, 4.69) is 39.0 Å². The lowest BCUT2D eigenvalue weighted by Gasteiger charge is -2.37. The van der Waals surface area contributed by atoms with E-state index in [-0.39, 0.29) is 5.56 Å². The Bertz CT molecular complexity index is 1570. The fourth-order valence-electron chi connectivity index (χ4n) is 5.45. The molecule has 0 bridgehead atoms. The van der Waals surface area contributed by atoms with Gasteiger partial charge in [0.05, 0.1) is 41.9 Å². The van der Waals surface area contributed by atoms with E-state index in [1.165, 1.54) is 0 Å². The number of nitrogens with zero attached hydrogens (tertiary/aromatic N) is 7. The van der Waals surface area contributed by atoms with Crippen LogP contribution < -0.4 is 25.0 Å². The van der Waals surface area contributed by atoms with Gasteiger partial charge in [0.25, 0.3) is 5.56 Å². The first-order chi connectivity index (χ1) is 17.8. The summed E-state index contributed by atoms with van der Waals surface area (Å²) in [5, 5.41) is 18.5. The molecule has 1 fully saturated rings. The van der Waals surface area contributed by atoms with Crippen molar-refractivity contribution in [1.29, 1.82) is 0 Å². The van der Waals surface area contributed by atoms with Crippen LogP contribution in [-0.2, 0) is 18.8 Å². The Morgan fingerprint density at radius 2 is 1.76 bits per heavy atom. The van der Waals surface area contributed by atoms with Crippen molar-refractivity contribution in [2.75, 3.05) is 61.1 Å². The molecule has 2 aliphatic heterocycles. The van der Waals surface area contributed by atoms with Crippen LogP contribution in [0, 0.1) is 12.1 Å². The number of benzene rings is 1. The fourth-order valence-corrected chi connectivity index (χ4v) is 5.45. The molecule has 10 nitrogen and oxygen atoms in total. The topological polar surface area (TPSA) is 85.7 Å². The molecule has 1 saturated heterocycles. The molecule has 0 amide bonds. The van der Waals surface area contributed by atoms with E-state index in [0.717, 1.165) is 63.6 Å². The number of hydrogen-bond acceptors (Lipinski definition) is 7. The monoisotopic (exact) mass is 501 g/mol. The van der Waals surface area contributed by atoms with Crippen molar-refractivity contribution >= 4 is 33.7 Å².